The summed E-state index contributed by atoms with van der Waals surface area (Å²) in [6, 6.07) is 12.1. The van der Waals surface area contributed by atoms with Gasteiger partial charge in [0.1, 0.15) is 11.5 Å². The van der Waals surface area contributed by atoms with Crippen molar-refractivity contribution in [2.75, 3.05) is 7.11 Å². The van der Waals surface area contributed by atoms with Gasteiger partial charge in [-0.15, -0.1) is 0 Å². The van der Waals surface area contributed by atoms with Crippen molar-refractivity contribution < 1.29 is 14.3 Å². The molecule has 2 aromatic rings. The molecule has 0 saturated heterocycles. The maximum absolute atomic E-state index is 12.0. The van der Waals surface area contributed by atoms with Crippen molar-refractivity contribution in [3.8, 4) is 11.5 Å². The number of hydrogen-bond donors (Lipinski definition) is 1. The molecule has 0 bridgehead atoms. The standard InChI is InChI=1S/C19H21ClN2O3/c1-4-13(2)25-18-10-5-14(11-17(18)20)12-21-22-19(23)15-6-8-16(24-3)9-7-15/h5-13H,4H2,1-3H3,(H,22,23)/b21-12-/t13-/m1/s1. The van der Waals surface area contributed by atoms with Gasteiger partial charge in [0.15, 0.2) is 0 Å². The Balaban J connectivity index is 1.96. The van der Waals surface area contributed by atoms with Gasteiger partial charge in [-0.05, 0) is 61.4 Å². The number of carbonyl (C=O) groups excluding carboxylic acids is 1. The molecule has 1 atom stereocenters. The van der Waals surface area contributed by atoms with Crippen LogP contribution in [0.4, 0.5) is 0 Å². The first-order valence-corrected chi connectivity index (χ1v) is 8.35. The van der Waals surface area contributed by atoms with Crippen LogP contribution >= 0.6 is 11.6 Å². The predicted molar refractivity (Wildman–Crippen MR) is 99.9 cm³/mol. The van der Waals surface area contributed by atoms with Crippen LogP contribution in [0.3, 0.4) is 0 Å². The summed E-state index contributed by atoms with van der Waals surface area (Å²) in [5.74, 6) is 1.02. The van der Waals surface area contributed by atoms with Crippen LogP contribution in [-0.4, -0.2) is 25.3 Å². The normalized spacial score (nSPS) is 12.0. The highest BCUT2D eigenvalue weighted by Gasteiger charge is 2.07. The first-order valence-electron chi connectivity index (χ1n) is 7.97. The van der Waals surface area contributed by atoms with Crippen molar-refractivity contribution >= 4 is 23.7 Å². The Morgan fingerprint density at radius 2 is 2.00 bits per heavy atom. The SMILES string of the molecule is CC[C@@H](C)Oc1ccc(/C=N\NC(=O)c2ccc(OC)cc2)cc1Cl. The van der Waals surface area contributed by atoms with E-state index in [1.807, 2.05) is 19.9 Å². The lowest BCUT2D eigenvalue weighted by Crippen LogP contribution is -2.17. The van der Waals surface area contributed by atoms with E-state index in [2.05, 4.69) is 10.5 Å². The number of rotatable bonds is 7. The molecule has 0 aliphatic heterocycles. The van der Waals surface area contributed by atoms with Gasteiger partial charge in [0.05, 0.1) is 24.5 Å². The first-order chi connectivity index (χ1) is 12.0. The van der Waals surface area contributed by atoms with Crippen LogP contribution in [0.25, 0.3) is 0 Å². The van der Waals surface area contributed by atoms with E-state index in [9.17, 15) is 4.79 Å². The fourth-order valence-corrected chi connectivity index (χ4v) is 2.20. The minimum atomic E-state index is -0.304. The summed E-state index contributed by atoms with van der Waals surface area (Å²) in [4.78, 5) is 12.0. The lowest BCUT2D eigenvalue weighted by Gasteiger charge is -2.13. The molecule has 0 spiro atoms. The summed E-state index contributed by atoms with van der Waals surface area (Å²) in [6.07, 6.45) is 2.53. The quantitative estimate of drug-likeness (QED) is 0.592. The molecule has 1 N–H and O–H groups in total. The summed E-state index contributed by atoms with van der Waals surface area (Å²) < 4.78 is 10.8. The van der Waals surface area contributed by atoms with Gasteiger partial charge in [-0.25, -0.2) is 5.43 Å². The number of benzene rings is 2. The van der Waals surface area contributed by atoms with E-state index >= 15 is 0 Å². The van der Waals surface area contributed by atoms with Crippen LogP contribution in [0.2, 0.25) is 5.02 Å². The summed E-state index contributed by atoms with van der Waals surface area (Å²) >= 11 is 6.21. The molecule has 0 aromatic heterocycles. The van der Waals surface area contributed by atoms with Crippen molar-refractivity contribution in [2.24, 2.45) is 5.10 Å². The van der Waals surface area contributed by atoms with Crippen LogP contribution in [0.5, 0.6) is 11.5 Å². The molecular weight excluding hydrogens is 340 g/mol. The number of amides is 1. The van der Waals surface area contributed by atoms with Crippen LogP contribution < -0.4 is 14.9 Å². The number of halogens is 1. The van der Waals surface area contributed by atoms with Gasteiger partial charge in [0.2, 0.25) is 0 Å². The maximum Gasteiger partial charge on any atom is 0.271 e. The summed E-state index contributed by atoms with van der Waals surface area (Å²) in [6.45, 7) is 4.03. The monoisotopic (exact) mass is 360 g/mol. The number of carbonyl (C=O) groups is 1. The van der Waals surface area contributed by atoms with Crippen molar-refractivity contribution in [3.63, 3.8) is 0 Å². The maximum atomic E-state index is 12.0. The van der Waals surface area contributed by atoms with Gasteiger partial charge in [-0.3, -0.25) is 4.79 Å². The molecule has 0 aliphatic carbocycles. The molecule has 2 aromatic carbocycles. The van der Waals surface area contributed by atoms with E-state index < -0.39 is 0 Å². The van der Waals surface area contributed by atoms with Gasteiger partial charge >= 0.3 is 0 Å². The van der Waals surface area contributed by atoms with E-state index in [1.165, 1.54) is 6.21 Å². The zero-order chi connectivity index (χ0) is 18.2. The molecule has 132 valence electrons. The fraction of sp³-hybridized carbons (Fsp3) is 0.263. The molecule has 0 heterocycles. The Morgan fingerprint density at radius 3 is 2.60 bits per heavy atom. The second kappa shape index (κ2) is 9.08. The third-order valence-electron chi connectivity index (χ3n) is 3.59. The molecule has 0 saturated carbocycles. The second-order valence-electron chi connectivity index (χ2n) is 5.45. The van der Waals surface area contributed by atoms with Gasteiger partial charge in [-0.2, -0.15) is 5.10 Å². The molecule has 6 heteroatoms. The third-order valence-corrected chi connectivity index (χ3v) is 3.89. The van der Waals surface area contributed by atoms with Crippen molar-refractivity contribution in [1.82, 2.24) is 5.43 Å². The Labute approximate surface area is 152 Å². The molecule has 0 fully saturated rings. The van der Waals surface area contributed by atoms with E-state index in [0.29, 0.717) is 22.1 Å². The van der Waals surface area contributed by atoms with Crippen molar-refractivity contribution in [1.29, 1.82) is 0 Å². The van der Waals surface area contributed by atoms with Crippen molar-refractivity contribution in [2.45, 2.75) is 26.4 Å². The highest BCUT2D eigenvalue weighted by molar-refractivity contribution is 6.32. The summed E-state index contributed by atoms with van der Waals surface area (Å²) in [5.41, 5.74) is 3.73. The molecule has 0 aliphatic rings. The topological polar surface area (TPSA) is 59.9 Å². The third kappa shape index (κ3) is 5.50. The Kier molecular flexibility index (Phi) is 6.83. The Bertz CT molecular complexity index is 745. The van der Waals surface area contributed by atoms with E-state index in [4.69, 9.17) is 21.1 Å². The van der Waals surface area contributed by atoms with Crippen LogP contribution in [0.15, 0.2) is 47.6 Å². The zero-order valence-corrected chi connectivity index (χ0v) is 15.2. The molecule has 5 nitrogen and oxygen atoms in total. The van der Waals surface area contributed by atoms with Gasteiger partial charge in [-0.1, -0.05) is 18.5 Å². The van der Waals surface area contributed by atoms with Crippen LogP contribution in [0.1, 0.15) is 36.2 Å². The summed E-state index contributed by atoms with van der Waals surface area (Å²) in [5, 5.41) is 4.46. The predicted octanol–water partition coefficient (Wildman–Crippen LogP) is 4.29. The molecule has 1 amide bonds. The minimum Gasteiger partial charge on any atom is -0.497 e. The zero-order valence-electron chi connectivity index (χ0n) is 14.5. The molecule has 0 unspecified atom stereocenters. The second-order valence-corrected chi connectivity index (χ2v) is 5.86. The first kappa shape index (κ1) is 18.8. The van der Waals surface area contributed by atoms with Gasteiger partial charge < -0.3 is 9.47 Å². The smallest absolute Gasteiger partial charge is 0.271 e. The Hall–Kier alpha value is -2.53. The molecular formula is C19H21ClN2O3. The van der Waals surface area contributed by atoms with Gasteiger partial charge in [0.25, 0.3) is 5.91 Å². The van der Waals surface area contributed by atoms with Crippen LogP contribution in [0, 0.1) is 0 Å². The highest BCUT2D eigenvalue weighted by atomic mass is 35.5. The lowest BCUT2D eigenvalue weighted by atomic mass is 10.2. The number of methoxy groups -OCH3 is 1. The number of hydrogen-bond acceptors (Lipinski definition) is 4. The van der Waals surface area contributed by atoms with E-state index in [-0.39, 0.29) is 12.0 Å². The largest absolute Gasteiger partial charge is 0.497 e. The molecule has 0 radical (unpaired) electrons. The van der Waals surface area contributed by atoms with E-state index in [1.54, 1.807) is 43.5 Å². The molecule has 25 heavy (non-hydrogen) atoms. The Morgan fingerprint density at radius 1 is 1.28 bits per heavy atom. The summed E-state index contributed by atoms with van der Waals surface area (Å²) in [7, 11) is 1.57. The lowest BCUT2D eigenvalue weighted by molar-refractivity contribution is 0.0955. The van der Waals surface area contributed by atoms with E-state index in [0.717, 1.165) is 12.0 Å². The number of ether oxygens (including phenoxy) is 2. The minimum absolute atomic E-state index is 0.0980. The molecule has 2 rings (SSSR count). The average Bonchev–Trinajstić information content (AvgIpc) is 2.63. The average molecular weight is 361 g/mol. The number of hydrazone groups is 1. The number of nitrogens with zero attached hydrogens (tertiary/aromatic N) is 1. The van der Waals surface area contributed by atoms with Crippen molar-refractivity contribution in [3.05, 3.63) is 58.6 Å². The highest BCUT2D eigenvalue weighted by Crippen LogP contribution is 2.26. The number of nitrogens with one attached hydrogen (secondary N) is 1. The van der Waals surface area contributed by atoms with Gasteiger partial charge in [0, 0.05) is 5.56 Å². The van der Waals surface area contributed by atoms with Crippen LogP contribution in [-0.2, 0) is 0 Å². The fourth-order valence-electron chi connectivity index (χ4n) is 1.97.